The van der Waals surface area contributed by atoms with Gasteiger partial charge in [0, 0.05) is 0 Å². The second-order valence-electron chi connectivity index (χ2n) is 4.30. The number of halogens is 1. The SMILES string of the molecule is Cc1ccc(Cl)nc1C(=O)OC(C)(C)C. The van der Waals surface area contributed by atoms with Crippen LogP contribution in [-0.4, -0.2) is 16.6 Å². The van der Waals surface area contributed by atoms with E-state index in [1.54, 1.807) is 19.1 Å². The zero-order chi connectivity index (χ0) is 11.6. The Balaban J connectivity index is 2.96. The maximum atomic E-state index is 11.7. The van der Waals surface area contributed by atoms with Crippen molar-refractivity contribution in [3.8, 4) is 0 Å². The number of hydrogen-bond acceptors (Lipinski definition) is 3. The summed E-state index contributed by atoms with van der Waals surface area (Å²) in [5.41, 5.74) is 0.513. The monoisotopic (exact) mass is 227 g/mol. The normalized spacial score (nSPS) is 11.3. The Morgan fingerprint density at radius 3 is 2.53 bits per heavy atom. The number of carbonyl (C=O) groups is 1. The molecule has 1 aromatic heterocycles. The number of pyridine rings is 1. The Hall–Kier alpha value is -1.09. The molecule has 0 spiro atoms. The van der Waals surface area contributed by atoms with E-state index >= 15 is 0 Å². The summed E-state index contributed by atoms with van der Waals surface area (Å²) < 4.78 is 5.20. The Kier molecular flexibility index (Phi) is 3.35. The van der Waals surface area contributed by atoms with Crippen molar-refractivity contribution in [1.82, 2.24) is 4.98 Å². The Morgan fingerprint density at radius 2 is 2.00 bits per heavy atom. The molecule has 0 saturated carbocycles. The lowest BCUT2D eigenvalue weighted by Gasteiger charge is -2.19. The lowest BCUT2D eigenvalue weighted by atomic mass is 10.2. The highest BCUT2D eigenvalue weighted by Gasteiger charge is 2.20. The van der Waals surface area contributed by atoms with Crippen molar-refractivity contribution < 1.29 is 9.53 Å². The molecule has 1 heterocycles. The summed E-state index contributed by atoms with van der Waals surface area (Å²) in [6, 6.07) is 3.39. The predicted molar refractivity (Wildman–Crippen MR) is 59.2 cm³/mol. The topological polar surface area (TPSA) is 39.2 Å². The molecular weight excluding hydrogens is 214 g/mol. The molecule has 0 bridgehead atoms. The van der Waals surface area contributed by atoms with Crippen LogP contribution >= 0.6 is 11.6 Å². The van der Waals surface area contributed by atoms with Crippen LogP contribution in [0.1, 0.15) is 36.8 Å². The van der Waals surface area contributed by atoms with Gasteiger partial charge in [0.1, 0.15) is 10.8 Å². The van der Waals surface area contributed by atoms with Gasteiger partial charge >= 0.3 is 5.97 Å². The largest absolute Gasteiger partial charge is 0.455 e. The maximum absolute atomic E-state index is 11.7. The van der Waals surface area contributed by atoms with Gasteiger partial charge in [0.05, 0.1) is 0 Å². The van der Waals surface area contributed by atoms with Gasteiger partial charge in [0.2, 0.25) is 0 Å². The van der Waals surface area contributed by atoms with E-state index < -0.39 is 11.6 Å². The molecule has 0 fully saturated rings. The number of aryl methyl sites for hydroxylation is 1. The van der Waals surface area contributed by atoms with Crippen LogP contribution in [0.2, 0.25) is 5.15 Å². The van der Waals surface area contributed by atoms with Gasteiger partial charge in [-0.15, -0.1) is 0 Å². The van der Waals surface area contributed by atoms with Gasteiger partial charge in [-0.3, -0.25) is 0 Å². The Morgan fingerprint density at radius 1 is 1.40 bits per heavy atom. The summed E-state index contributed by atoms with van der Waals surface area (Å²) in [6.07, 6.45) is 0. The van der Waals surface area contributed by atoms with E-state index in [0.717, 1.165) is 5.56 Å². The maximum Gasteiger partial charge on any atom is 0.357 e. The van der Waals surface area contributed by atoms with Crippen LogP contribution in [0.4, 0.5) is 0 Å². The molecule has 0 amide bonds. The van der Waals surface area contributed by atoms with E-state index in [-0.39, 0.29) is 5.69 Å². The fraction of sp³-hybridized carbons (Fsp3) is 0.455. The number of aromatic nitrogens is 1. The molecule has 0 aliphatic carbocycles. The average molecular weight is 228 g/mol. The molecule has 1 aromatic rings. The van der Waals surface area contributed by atoms with Gasteiger partial charge in [-0.25, -0.2) is 9.78 Å². The van der Waals surface area contributed by atoms with Crippen LogP contribution in [0.25, 0.3) is 0 Å². The first-order chi connectivity index (χ1) is 6.79. The second kappa shape index (κ2) is 4.19. The van der Waals surface area contributed by atoms with Crippen molar-refractivity contribution >= 4 is 17.6 Å². The highest BCUT2D eigenvalue weighted by Crippen LogP contribution is 2.15. The molecule has 0 aliphatic rings. The molecule has 0 aromatic carbocycles. The summed E-state index contributed by atoms with van der Waals surface area (Å²) in [4.78, 5) is 15.6. The molecule has 15 heavy (non-hydrogen) atoms. The smallest absolute Gasteiger partial charge is 0.357 e. The summed E-state index contributed by atoms with van der Waals surface area (Å²) in [7, 11) is 0. The van der Waals surface area contributed by atoms with Gasteiger partial charge in [0.25, 0.3) is 0 Å². The molecule has 1 rings (SSSR count). The minimum absolute atomic E-state index is 0.275. The summed E-state index contributed by atoms with van der Waals surface area (Å²) in [5, 5.41) is 0.293. The molecule has 0 radical (unpaired) electrons. The molecule has 0 atom stereocenters. The fourth-order valence-electron chi connectivity index (χ4n) is 1.04. The lowest BCUT2D eigenvalue weighted by molar-refractivity contribution is 0.00620. The third-order valence-electron chi connectivity index (χ3n) is 1.66. The van der Waals surface area contributed by atoms with Crippen molar-refractivity contribution in [1.29, 1.82) is 0 Å². The molecule has 3 nitrogen and oxygen atoms in total. The van der Waals surface area contributed by atoms with E-state index in [0.29, 0.717) is 5.15 Å². The van der Waals surface area contributed by atoms with Crippen LogP contribution in [0.5, 0.6) is 0 Å². The van der Waals surface area contributed by atoms with Crippen LogP contribution < -0.4 is 0 Å². The van der Waals surface area contributed by atoms with Crippen molar-refractivity contribution in [2.75, 3.05) is 0 Å². The van der Waals surface area contributed by atoms with E-state index in [4.69, 9.17) is 16.3 Å². The van der Waals surface area contributed by atoms with Crippen molar-refractivity contribution in [2.45, 2.75) is 33.3 Å². The molecule has 0 N–H and O–H groups in total. The Labute approximate surface area is 94.4 Å². The molecule has 82 valence electrons. The predicted octanol–water partition coefficient (Wildman–Crippen LogP) is 3.00. The van der Waals surface area contributed by atoms with Crippen molar-refractivity contribution in [3.05, 3.63) is 28.5 Å². The van der Waals surface area contributed by atoms with Crippen LogP contribution in [0, 0.1) is 6.92 Å². The Bertz CT molecular complexity index is 383. The average Bonchev–Trinajstić information content (AvgIpc) is 2.06. The molecule has 0 aliphatic heterocycles. The van der Waals surface area contributed by atoms with Crippen LogP contribution in [0.3, 0.4) is 0 Å². The summed E-state index contributed by atoms with van der Waals surface area (Å²) >= 11 is 5.71. The number of rotatable bonds is 1. The van der Waals surface area contributed by atoms with E-state index in [1.807, 2.05) is 20.8 Å². The first-order valence-electron chi connectivity index (χ1n) is 4.66. The first kappa shape index (κ1) is 12.0. The van der Waals surface area contributed by atoms with Gasteiger partial charge < -0.3 is 4.74 Å². The third-order valence-corrected chi connectivity index (χ3v) is 1.87. The van der Waals surface area contributed by atoms with Crippen molar-refractivity contribution in [3.63, 3.8) is 0 Å². The zero-order valence-corrected chi connectivity index (χ0v) is 10.1. The quantitative estimate of drug-likeness (QED) is 0.547. The van der Waals surface area contributed by atoms with Gasteiger partial charge in [-0.05, 0) is 39.3 Å². The molecule has 4 heteroatoms. The van der Waals surface area contributed by atoms with Gasteiger partial charge in [0.15, 0.2) is 5.69 Å². The number of ether oxygens (including phenoxy) is 1. The first-order valence-corrected chi connectivity index (χ1v) is 5.04. The lowest BCUT2D eigenvalue weighted by Crippen LogP contribution is -2.25. The fourth-order valence-corrected chi connectivity index (χ4v) is 1.19. The van der Waals surface area contributed by atoms with E-state index in [2.05, 4.69) is 4.98 Å². The number of carbonyl (C=O) groups excluding carboxylic acids is 1. The van der Waals surface area contributed by atoms with Gasteiger partial charge in [-0.1, -0.05) is 17.7 Å². The van der Waals surface area contributed by atoms with Crippen molar-refractivity contribution in [2.24, 2.45) is 0 Å². The third kappa shape index (κ3) is 3.51. The minimum Gasteiger partial charge on any atom is -0.455 e. The standard InChI is InChI=1S/C11H14ClNO2/c1-7-5-6-8(12)13-9(7)10(14)15-11(2,3)4/h5-6H,1-4H3. The minimum atomic E-state index is -0.520. The molecule has 0 saturated heterocycles. The summed E-state index contributed by atoms with van der Waals surface area (Å²) in [6.45, 7) is 7.23. The summed E-state index contributed by atoms with van der Waals surface area (Å²) in [5.74, 6) is -0.442. The molecule has 0 unspecified atom stereocenters. The van der Waals surface area contributed by atoms with E-state index in [9.17, 15) is 4.79 Å². The van der Waals surface area contributed by atoms with Crippen LogP contribution in [0.15, 0.2) is 12.1 Å². The number of esters is 1. The highest BCUT2D eigenvalue weighted by molar-refractivity contribution is 6.29. The zero-order valence-electron chi connectivity index (χ0n) is 9.30. The van der Waals surface area contributed by atoms with Gasteiger partial charge in [-0.2, -0.15) is 0 Å². The van der Waals surface area contributed by atoms with Crippen LogP contribution in [-0.2, 0) is 4.74 Å². The highest BCUT2D eigenvalue weighted by atomic mass is 35.5. The van der Waals surface area contributed by atoms with E-state index in [1.165, 1.54) is 0 Å². The number of hydrogen-bond donors (Lipinski definition) is 0. The molecular formula is C11H14ClNO2. The number of nitrogens with zero attached hydrogens (tertiary/aromatic N) is 1. The second-order valence-corrected chi connectivity index (χ2v) is 4.69.